The summed E-state index contributed by atoms with van der Waals surface area (Å²) >= 11 is 0. The van der Waals surface area contributed by atoms with Crippen LogP contribution in [0.2, 0.25) is 0 Å². The van der Waals surface area contributed by atoms with Gasteiger partial charge in [0.1, 0.15) is 6.20 Å². The van der Waals surface area contributed by atoms with Crippen molar-refractivity contribution in [2.24, 2.45) is 7.05 Å². The minimum Gasteiger partial charge on any atom is -0.710 e. The van der Waals surface area contributed by atoms with Crippen molar-refractivity contribution >= 4 is 11.3 Å². The van der Waals surface area contributed by atoms with Crippen molar-refractivity contribution in [1.29, 1.82) is 0 Å². The molecule has 0 radical (unpaired) electrons. The molecule has 0 N–H and O–H groups in total. The average Bonchev–Trinajstić information content (AvgIpc) is 2.35. The number of fused-ring (bicyclic) bond motifs is 1. The van der Waals surface area contributed by atoms with E-state index in [9.17, 15) is 5.21 Å². The summed E-state index contributed by atoms with van der Waals surface area (Å²) in [5.74, 6) is 0. The van der Waals surface area contributed by atoms with Crippen molar-refractivity contribution in [1.82, 2.24) is 14.5 Å². The Morgan fingerprint density at radius 3 is 3.09 bits per heavy atom. The summed E-state index contributed by atoms with van der Waals surface area (Å²) in [5.41, 5.74) is 0.956. The quantitative estimate of drug-likeness (QED) is 0.379. The van der Waals surface area contributed by atoms with E-state index in [1.165, 1.54) is 12.4 Å². The van der Waals surface area contributed by atoms with E-state index in [4.69, 9.17) is 0 Å². The number of aryl methyl sites for hydroxylation is 1. The molecule has 5 heteroatoms. The van der Waals surface area contributed by atoms with Crippen LogP contribution in [0, 0.1) is 5.21 Å². The summed E-state index contributed by atoms with van der Waals surface area (Å²) in [5, 5.41) is 11.0. The van der Waals surface area contributed by atoms with Crippen LogP contribution in [0.15, 0.2) is 18.7 Å². The van der Waals surface area contributed by atoms with Gasteiger partial charge in [0.15, 0.2) is 0 Å². The van der Waals surface area contributed by atoms with Gasteiger partial charge in [-0.3, -0.25) is 4.57 Å². The second kappa shape index (κ2) is 1.91. The number of rotatable bonds is 0. The van der Waals surface area contributed by atoms with Crippen LogP contribution < -0.4 is 4.73 Å². The Labute approximate surface area is 62.5 Å². The maximum absolute atomic E-state index is 11.0. The van der Waals surface area contributed by atoms with Crippen molar-refractivity contribution in [3.05, 3.63) is 23.9 Å². The lowest BCUT2D eigenvalue weighted by Crippen LogP contribution is -2.26. The molecule has 0 aliphatic heterocycles. The summed E-state index contributed by atoms with van der Waals surface area (Å²) in [7, 11) is 1.79. The number of imidazole rings is 1. The van der Waals surface area contributed by atoms with E-state index in [2.05, 4.69) is 9.97 Å². The highest BCUT2D eigenvalue weighted by atomic mass is 16.5. The van der Waals surface area contributed by atoms with E-state index in [0.29, 0.717) is 16.0 Å². The average molecular weight is 150 g/mol. The standard InChI is InChI=1S/C6H6N4O/c1-9-4-8-6-5(9)7-2-3-10(6)11/h2-4H,1H3. The van der Waals surface area contributed by atoms with E-state index in [1.54, 1.807) is 17.9 Å². The molecule has 2 rings (SSSR count). The smallest absolute Gasteiger partial charge is 0.371 e. The van der Waals surface area contributed by atoms with Gasteiger partial charge in [-0.05, 0) is 4.98 Å². The van der Waals surface area contributed by atoms with Crippen molar-refractivity contribution in [3.8, 4) is 0 Å². The Morgan fingerprint density at radius 2 is 2.36 bits per heavy atom. The first-order valence-electron chi connectivity index (χ1n) is 3.14. The third kappa shape index (κ3) is 0.739. The Bertz CT molecular complexity index is 394. The molecule has 0 aliphatic rings. The van der Waals surface area contributed by atoms with Gasteiger partial charge in [0.2, 0.25) is 12.0 Å². The summed E-state index contributed by atoms with van der Waals surface area (Å²) in [6, 6.07) is 0. The Hall–Kier alpha value is -1.65. The first-order valence-corrected chi connectivity index (χ1v) is 3.14. The molecule has 0 saturated carbocycles. The zero-order chi connectivity index (χ0) is 7.84. The van der Waals surface area contributed by atoms with E-state index in [-0.39, 0.29) is 0 Å². The predicted octanol–water partition coefficient (Wildman–Crippen LogP) is -0.398. The topological polar surface area (TPSA) is 57.7 Å². The summed E-state index contributed by atoms with van der Waals surface area (Å²) in [6.07, 6.45) is 4.35. The number of hydrogen-bond acceptors (Lipinski definition) is 3. The van der Waals surface area contributed by atoms with Crippen LogP contribution in [0.4, 0.5) is 0 Å². The summed E-state index contributed by atoms with van der Waals surface area (Å²) in [4.78, 5) is 7.85. The fourth-order valence-corrected chi connectivity index (χ4v) is 0.951. The zero-order valence-electron chi connectivity index (χ0n) is 5.93. The second-order valence-electron chi connectivity index (χ2n) is 2.26. The highest BCUT2D eigenvalue weighted by Crippen LogP contribution is 2.00. The third-order valence-electron chi connectivity index (χ3n) is 1.49. The fraction of sp³-hybridized carbons (Fsp3) is 0.167. The zero-order valence-corrected chi connectivity index (χ0v) is 5.93. The molecule has 0 spiro atoms. The highest BCUT2D eigenvalue weighted by molar-refractivity contribution is 5.60. The molecule has 2 heterocycles. The monoisotopic (exact) mass is 150 g/mol. The molecule has 0 bridgehead atoms. The summed E-state index contributed by atoms with van der Waals surface area (Å²) < 4.78 is 2.39. The van der Waals surface area contributed by atoms with E-state index in [0.717, 1.165) is 0 Å². The van der Waals surface area contributed by atoms with Gasteiger partial charge < -0.3 is 5.21 Å². The van der Waals surface area contributed by atoms with Crippen LogP contribution in [0.5, 0.6) is 0 Å². The first kappa shape index (κ1) is 6.09. The molecule has 0 aliphatic carbocycles. The van der Waals surface area contributed by atoms with Gasteiger partial charge in [0.25, 0.3) is 0 Å². The Kier molecular flexibility index (Phi) is 1.06. The van der Waals surface area contributed by atoms with Gasteiger partial charge >= 0.3 is 5.65 Å². The van der Waals surface area contributed by atoms with Gasteiger partial charge in [0.05, 0.1) is 6.20 Å². The normalized spacial score (nSPS) is 10.6. The molecule has 2 aromatic heterocycles. The second-order valence-corrected chi connectivity index (χ2v) is 2.26. The van der Waals surface area contributed by atoms with E-state index in [1.807, 2.05) is 0 Å². The summed E-state index contributed by atoms with van der Waals surface area (Å²) in [6.45, 7) is 0. The molecule has 0 aromatic carbocycles. The number of nitrogens with zero attached hydrogens (tertiary/aromatic N) is 4. The van der Waals surface area contributed by atoms with Crippen LogP contribution in [0.25, 0.3) is 11.3 Å². The lowest BCUT2D eigenvalue weighted by atomic mass is 10.6. The number of hydrogen-bond donors (Lipinski definition) is 0. The van der Waals surface area contributed by atoms with Gasteiger partial charge in [-0.25, -0.2) is 9.71 Å². The molecule has 2 aromatic rings. The Morgan fingerprint density at radius 1 is 1.55 bits per heavy atom. The lowest BCUT2D eigenvalue weighted by Gasteiger charge is -1.97. The van der Waals surface area contributed by atoms with Crippen molar-refractivity contribution < 1.29 is 4.73 Å². The molecule has 0 unspecified atom stereocenters. The van der Waals surface area contributed by atoms with Crippen LogP contribution in [-0.4, -0.2) is 14.5 Å². The minimum absolute atomic E-state index is 0.356. The van der Waals surface area contributed by atoms with Crippen LogP contribution in [0.3, 0.4) is 0 Å². The maximum atomic E-state index is 11.0. The lowest BCUT2D eigenvalue weighted by molar-refractivity contribution is -0.579. The number of aromatic nitrogens is 4. The molecule has 0 saturated heterocycles. The molecule has 0 atom stereocenters. The molecule has 5 nitrogen and oxygen atoms in total. The van der Waals surface area contributed by atoms with Crippen molar-refractivity contribution in [3.63, 3.8) is 0 Å². The largest absolute Gasteiger partial charge is 0.710 e. The van der Waals surface area contributed by atoms with Crippen LogP contribution >= 0.6 is 0 Å². The van der Waals surface area contributed by atoms with Crippen molar-refractivity contribution in [2.45, 2.75) is 0 Å². The van der Waals surface area contributed by atoms with Crippen molar-refractivity contribution in [2.75, 3.05) is 0 Å². The Balaban J connectivity index is 2.94. The maximum Gasteiger partial charge on any atom is 0.371 e. The fourth-order valence-electron chi connectivity index (χ4n) is 0.951. The minimum atomic E-state index is 0.356. The molecular weight excluding hydrogens is 144 g/mol. The molecule has 0 fully saturated rings. The molecule has 56 valence electrons. The highest BCUT2D eigenvalue weighted by Gasteiger charge is 2.08. The SMILES string of the molecule is Cn1cnc2c1ncc[n+]2[O-]. The third-order valence-corrected chi connectivity index (χ3v) is 1.49. The van der Waals surface area contributed by atoms with Gasteiger partial charge in [0, 0.05) is 7.05 Å². The van der Waals surface area contributed by atoms with Crippen LogP contribution in [-0.2, 0) is 7.05 Å². The molecule has 11 heavy (non-hydrogen) atoms. The van der Waals surface area contributed by atoms with Gasteiger partial charge in [-0.15, -0.1) is 0 Å². The first-order chi connectivity index (χ1) is 5.29. The molecular formula is C6H6N4O. The predicted molar refractivity (Wildman–Crippen MR) is 37.5 cm³/mol. The molecule has 0 amide bonds. The van der Waals surface area contributed by atoms with Crippen LogP contribution in [0.1, 0.15) is 0 Å². The van der Waals surface area contributed by atoms with Gasteiger partial charge in [-0.1, -0.05) is 0 Å². The van der Waals surface area contributed by atoms with E-state index < -0.39 is 0 Å². The van der Waals surface area contributed by atoms with E-state index >= 15 is 0 Å². The van der Waals surface area contributed by atoms with Gasteiger partial charge in [-0.2, -0.15) is 0 Å².